The molecule has 0 aliphatic rings. The molecule has 0 saturated carbocycles. The fraction of sp³-hybridized carbons (Fsp3) is 0.333. The molecule has 2 aromatic rings. The molecule has 0 fully saturated rings. The standard InChI is InChI=1S/C15H18N2O2S/c1-11-16-14(10-20-11)8-15(19)17-13(9-18)7-12-5-3-2-4-6-12/h2-6,10,13,18H,7-9H2,1H3,(H,17,19)/t13-/m0/s1. The van der Waals surface area contributed by atoms with Crippen LogP contribution in [0, 0.1) is 6.92 Å². The van der Waals surface area contributed by atoms with E-state index < -0.39 is 0 Å². The summed E-state index contributed by atoms with van der Waals surface area (Å²) < 4.78 is 0. The summed E-state index contributed by atoms with van der Waals surface area (Å²) in [6.07, 6.45) is 0.884. The molecule has 0 spiro atoms. The molecule has 1 heterocycles. The van der Waals surface area contributed by atoms with Crippen LogP contribution in [-0.4, -0.2) is 28.6 Å². The van der Waals surface area contributed by atoms with Crippen molar-refractivity contribution >= 4 is 17.2 Å². The number of carbonyl (C=O) groups is 1. The summed E-state index contributed by atoms with van der Waals surface area (Å²) in [5, 5.41) is 15.1. The number of carbonyl (C=O) groups excluding carboxylic acids is 1. The number of amides is 1. The fourth-order valence-electron chi connectivity index (χ4n) is 1.99. The molecule has 1 aromatic carbocycles. The third kappa shape index (κ3) is 4.43. The van der Waals surface area contributed by atoms with E-state index in [0.717, 1.165) is 16.3 Å². The first-order valence-corrected chi connectivity index (χ1v) is 7.40. The van der Waals surface area contributed by atoms with Gasteiger partial charge in [0.2, 0.25) is 5.91 Å². The monoisotopic (exact) mass is 290 g/mol. The third-order valence-corrected chi connectivity index (χ3v) is 3.74. The third-order valence-electron chi connectivity index (χ3n) is 2.92. The first kappa shape index (κ1) is 14.7. The van der Waals surface area contributed by atoms with Gasteiger partial charge in [0.1, 0.15) is 0 Å². The second-order valence-corrected chi connectivity index (χ2v) is 5.73. The highest BCUT2D eigenvalue weighted by atomic mass is 32.1. The molecule has 1 aromatic heterocycles. The Labute approximate surface area is 122 Å². The summed E-state index contributed by atoms with van der Waals surface area (Å²) in [4.78, 5) is 16.2. The summed E-state index contributed by atoms with van der Waals surface area (Å²) >= 11 is 1.53. The minimum Gasteiger partial charge on any atom is -0.394 e. The van der Waals surface area contributed by atoms with Gasteiger partial charge in [-0.2, -0.15) is 0 Å². The Morgan fingerprint density at radius 2 is 2.15 bits per heavy atom. The number of benzene rings is 1. The maximum atomic E-state index is 11.9. The van der Waals surface area contributed by atoms with Crippen LogP contribution < -0.4 is 5.32 Å². The molecule has 5 heteroatoms. The number of nitrogens with one attached hydrogen (secondary N) is 1. The van der Waals surface area contributed by atoms with Gasteiger partial charge in [0.25, 0.3) is 0 Å². The van der Waals surface area contributed by atoms with Crippen LogP contribution in [0.2, 0.25) is 0 Å². The van der Waals surface area contributed by atoms with Gasteiger partial charge in [-0.3, -0.25) is 4.79 Å². The zero-order valence-corrected chi connectivity index (χ0v) is 12.2. The van der Waals surface area contributed by atoms with Crippen molar-refractivity contribution in [2.45, 2.75) is 25.8 Å². The smallest absolute Gasteiger partial charge is 0.226 e. The second kappa shape index (κ2) is 7.17. The number of thiazole rings is 1. The number of hydrogen-bond donors (Lipinski definition) is 2. The Kier molecular flexibility index (Phi) is 5.26. The minimum atomic E-state index is -0.260. The summed E-state index contributed by atoms with van der Waals surface area (Å²) in [5.41, 5.74) is 1.87. The Morgan fingerprint density at radius 1 is 1.40 bits per heavy atom. The van der Waals surface area contributed by atoms with Gasteiger partial charge in [-0.25, -0.2) is 4.98 Å². The largest absolute Gasteiger partial charge is 0.394 e. The normalized spacial score (nSPS) is 12.1. The molecule has 0 aliphatic heterocycles. The minimum absolute atomic E-state index is 0.0727. The SMILES string of the molecule is Cc1nc(CC(=O)N[C@H](CO)Cc2ccccc2)cs1. The number of aliphatic hydroxyl groups excluding tert-OH is 1. The molecule has 0 radical (unpaired) electrons. The molecule has 0 aliphatic carbocycles. The summed E-state index contributed by atoms with van der Waals surface area (Å²) in [6, 6.07) is 9.55. The molecule has 1 atom stereocenters. The first-order chi connectivity index (χ1) is 9.67. The molecule has 2 rings (SSSR count). The van der Waals surface area contributed by atoms with E-state index in [4.69, 9.17) is 0 Å². The molecular formula is C15H18N2O2S. The van der Waals surface area contributed by atoms with Crippen molar-refractivity contribution in [2.24, 2.45) is 0 Å². The number of aliphatic hydroxyl groups is 1. The number of aromatic nitrogens is 1. The first-order valence-electron chi connectivity index (χ1n) is 6.52. The number of nitrogens with zero attached hydrogens (tertiary/aromatic N) is 1. The van der Waals surface area contributed by atoms with Crippen LogP contribution in [0.15, 0.2) is 35.7 Å². The van der Waals surface area contributed by atoms with Crippen molar-refractivity contribution in [3.63, 3.8) is 0 Å². The van der Waals surface area contributed by atoms with Crippen molar-refractivity contribution < 1.29 is 9.90 Å². The summed E-state index contributed by atoms with van der Waals surface area (Å²) in [6.45, 7) is 1.84. The van der Waals surface area contributed by atoms with Gasteiger partial charge in [0, 0.05) is 5.38 Å². The van der Waals surface area contributed by atoms with E-state index in [9.17, 15) is 9.90 Å². The highest BCUT2D eigenvalue weighted by Gasteiger charge is 2.13. The predicted octanol–water partition coefficient (Wildman–Crippen LogP) is 1.71. The predicted molar refractivity (Wildman–Crippen MR) is 79.7 cm³/mol. The second-order valence-electron chi connectivity index (χ2n) is 4.67. The Balaban J connectivity index is 1.88. The molecule has 20 heavy (non-hydrogen) atoms. The van der Waals surface area contributed by atoms with Crippen LogP contribution in [0.5, 0.6) is 0 Å². The van der Waals surface area contributed by atoms with Crippen LogP contribution in [0.25, 0.3) is 0 Å². The van der Waals surface area contributed by atoms with Gasteiger partial charge in [-0.15, -0.1) is 11.3 Å². The van der Waals surface area contributed by atoms with E-state index in [2.05, 4.69) is 10.3 Å². The molecule has 0 unspecified atom stereocenters. The highest BCUT2D eigenvalue weighted by molar-refractivity contribution is 7.09. The maximum absolute atomic E-state index is 11.9. The van der Waals surface area contributed by atoms with Gasteiger partial charge < -0.3 is 10.4 Å². The summed E-state index contributed by atoms with van der Waals surface area (Å²) in [7, 11) is 0. The Hall–Kier alpha value is -1.72. The lowest BCUT2D eigenvalue weighted by molar-refractivity contribution is -0.121. The van der Waals surface area contributed by atoms with E-state index >= 15 is 0 Å². The van der Waals surface area contributed by atoms with Crippen molar-refractivity contribution in [3.05, 3.63) is 52.0 Å². The van der Waals surface area contributed by atoms with Crippen LogP contribution in [0.3, 0.4) is 0 Å². The lowest BCUT2D eigenvalue weighted by Gasteiger charge is -2.16. The molecule has 4 nitrogen and oxygen atoms in total. The zero-order chi connectivity index (χ0) is 14.4. The Morgan fingerprint density at radius 3 is 2.75 bits per heavy atom. The molecule has 106 valence electrons. The average molecular weight is 290 g/mol. The zero-order valence-electron chi connectivity index (χ0n) is 11.4. The van der Waals surface area contributed by atoms with Gasteiger partial charge in [0.05, 0.1) is 29.8 Å². The quantitative estimate of drug-likeness (QED) is 0.851. The molecular weight excluding hydrogens is 272 g/mol. The van der Waals surface area contributed by atoms with Crippen molar-refractivity contribution in [3.8, 4) is 0 Å². The van der Waals surface area contributed by atoms with Gasteiger partial charge in [-0.05, 0) is 18.9 Å². The lowest BCUT2D eigenvalue weighted by atomic mass is 10.1. The molecule has 1 amide bonds. The lowest BCUT2D eigenvalue weighted by Crippen LogP contribution is -2.39. The number of hydrogen-bond acceptors (Lipinski definition) is 4. The van der Waals surface area contributed by atoms with Crippen molar-refractivity contribution in [1.82, 2.24) is 10.3 Å². The van der Waals surface area contributed by atoms with E-state index in [1.165, 1.54) is 11.3 Å². The number of aryl methyl sites for hydroxylation is 1. The van der Waals surface area contributed by atoms with Gasteiger partial charge in [-0.1, -0.05) is 30.3 Å². The highest BCUT2D eigenvalue weighted by Crippen LogP contribution is 2.09. The van der Waals surface area contributed by atoms with Crippen LogP contribution in [-0.2, 0) is 17.6 Å². The fourth-order valence-corrected chi connectivity index (χ4v) is 2.61. The van der Waals surface area contributed by atoms with Crippen LogP contribution in [0.4, 0.5) is 0 Å². The van der Waals surface area contributed by atoms with E-state index in [0.29, 0.717) is 6.42 Å². The topological polar surface area (TPSA) is 62.2 Å². The van der Waals surface area contributed by atoms with Crippen LogP contribution in [0.1, 0.15) is 16.3 Å². The molecule has 0 bridgehead atoms. The molecule has 2 N–H and O–H groups in total. The average Bonchev–Trinajstić information content (AvgIpc) is 2.84. The van der Waals surface area contributed by atoms with Crippen molar-refractivity contribution in [1.29, 1.82) is 0 Å². The Bertz CT molecular complexity index is 554. The van der Waals surface area contributed by atoms with Crippen molar-refractivity contribution in [2.75, 3.05) is 6.61 Å². The van der Waals surface area contributed by atoms with E-state index in [1.807, 2.05) is 42.6 Å². The maximum Gasteiger partial charge on any atom is 0.226 e. The van der Waals surface area contributed by atoms with E-state index in [-0.39, 0.29) is 25.0 Å². The van der Waals surface area contributed by atoms with Crippen LogP contribution >= 0.6 is 11.3 Å². The number of rotatable bonds is 6. The summed E-state index contributed by atoms with van der Waals surface area (Å²) in [5.74, 6) is -0.106. The molecule has 0 saturated heterocycles. The van der Waals surface area contributed by atoms with Gasteiger partial charge in [0.15, 0.2) is 0 Å². The van der Waals surface area contributed by atoms with E-state index in [1.54, 1.807) is 0 Å². The van der Waals surface area contributed by atoms with Gasteiger partial charge >= 0.3 is 0 Å².